The summed E-state index contributed by atoms with van der Waals surface area (Å²) in [5.41, 5.74) is 0.537. The number of nitrogens with zero attached hydrogens (tertiary/aromatic N) is 3. The fourth-order valence-corrected chi connectivity index (χ4v) is 3.24. The van der Waals surface area contributed by atoms with Gasteiger partial charge in [0.05, 0.1) is 6.54 Å². The van der Waals surface area contributed by atoms with E-state index in [-0.39, 0.29) is 6.04 Å². The molecule has 118 valence electrons. The fourth-order valence-electron chi connectivity index (χ4n) is 3.24. The Hall–Kier alpha value is -1.82. The number of aromatic nitrogens is 3. The van der Waals surface area contributed by atoms with Gasteiger partial charge >= 0.3 is 0 Å². The zero-order valence-corrected chi connectivity index (χ0v) is 12.6. The van der Waals surface area contributed by atoms with E-state index in [1.165, 1.54) is 6.07 Å². The highest BCUT2D eigenvalue weighted by Crippen LogP contribution is 2.36. The molecule has 0 radical (unpaired) electrons. The first-order chi connectivity index (χ1) is 10.6. The van der Waals surface area contributed by atoms with Crippen LogP contribution in [-0.4, -0.2) is 14.8 Å². The van der Waals surface area contributed by atoms with E-state index in [0.717, 1.165) is 37.6 Å². The molecule has 3 rings (SSSR count). The van der Waals surface area contributed by atoms with Crippen LogP contribution >= 0.6 is 0 Å². The number of benzene rings is 1. The molecule has 1 atom stereocenters. The summed E-state index contributed by atoms with van der Waals surface area (Å²) in [7, 11) is 1.88. The molecule has 1 unspecified atom stereocenters. The second kappa shape index (κ2) is 6.52. The molecular weight excluding hydrogens is 286 g/mol. The van der Waals surface area contributed by atoms with Crippen molar-refractivity contribution in [1.82, 2.24) is 20.1 Å². The Morgan fingerprint density at radius 1 is 1.32 bits per heavy atom. The van der Waals surface area contributed by atoms with Gasteiger partial charge in [-0.1, -0.05) is 18.9 Å². The summed E-state index contributed by atoms with van der Waals surface area (Å²) >= 11 is 0. The molecule has 1 heterocycles. The molecule has 1 fully saturated rings. The summed E-state index contributed by atoms with van der Waals surface area (Å²) in [6.45, 7) is 0.508. The Balaban J connectivity index is 1.82. The first-order valence-corrected chi connectivity index (χ1v) is 7.66. The molecule has 1 aromatic heterocycles. The molecule has 2 aromatic rings. The third kappa shape index (κ3) is 3.16. The van der Waals surface area contributed by atoms with E-state index in [1.54, 1.807) is 12.4 Å². The van der Waals surface area contributed by atoms with Crippen LogP contribution < -0.4 is 5.32 Å². The minimum Gasteiger partial charge on any atom is -0.320 e. The van der Waals surface area contributed by atoms with Crippen LogP contribution in [-0.2, 0) is 13.6 Å². The lowest BCUT2D eigenvalue weighted by Gasteiger charge is -2.25. The minimum atomic E-state index is -0.542. The van der Waals surface area contributed by atoms with E-state index in [2.05, 4.69) is 15.5 Å². The van der Waals surface area contributed by atoms with Crippen LogP contribution in [0.4, 0.5) is 8.78 Å². The number of rotatable bonds is 5. The molecule has 1 saturated carbocycles. The third-order valence-corrected chi connectivity index (χ3v) is 4.45. The SMILES string of the molecule is Cn1cnnc1CNC(c1ccc(F)cc1F)C1CCCC1. The molecule has 0 aliphatic heterocycles. The maximum absolute atomic E-state index is 14.2. The highest BCUT2D eigenvalue weighted by Gasteiger charge is 2.28. The minimum absolute atomic E-state index is 0.125. The van der Waals surface area contributed by atoms with Crippen LogP contribution in [0.25, 0.3) is 0 Å². The van der Waals surface area contributed by atoms with Gasteiger partial charge in [0.2, 0.25) is 0 Å². The van der Waals surface area contributed by atoms with Gasteiger partial charge in [-0.15, -0.1) is 10.2 Å². The highest BCUT2D eigenvalue weighted by atomic mass is 19.1. The smallest absolute Gasteiger partial charge is 0.146 e. The van der Waals surface area contributed by atoms with E-state index in [0.29, 0.717) is 18.0 Å². The fraction of sp³-hybridized carbons (Fsp3) is 0.500. The van der Waals surface area contributed by atoms with E-state index in [9.17, 15) is 8.78 Å². The predicted octanol–water partition coefficient (Wildman–Crippen LogP) is 3.11. The van der Waals surface area contributed by atoms with Crippen LogP contribution in [0.5, 0.6) is 0 Å². The Bertz CT molecular complexity index is 635. The van der Waals surface area contributed by atoms with Crippen molar-refractivity contribution in [3.8, 4) is 0 Å². The average Bonchev–Trinajstić information content (AvgIpc) is 3.13. The van der Waals surface area contributed by atoms with Gasteiger partial charge in [-0.05, 0) is 24.8 Å². The number of hydrogen-bond donors (Lipinski definition) is 1. The van der Waals surface area contributed by atoms with Crippen molar-refractivity contribution in [3.63, 3.8) is 0 Å². The van der Waals surface area contributed by atoms with Crippen LogP contribution in [0.1, 0.15) is 43.1 Å². The predicted molar refractivity (Wildman–Crippen MR) is 78.9 cm³/mol. The van der Waals surface area contributed by atoms with Gasteiger partial charge in [0.1, 0.15) is 23.8 Å². The van der Waals surface area contributed by atoms with Crippen molar-refractivity contribution >= 4 is 0 Å². The van der Waals surface area contributed by atoms with Gasteiger partial charge in [0.25, 0.3) is 0 Å². The summed E-state index contributed by atoms with van der Waals surface area (Å²) in [5, 5.41) is 11.3. The monoisotopic (exact) mass is 306 g/mol. The summed E-state index contributed by atoms with van der Waals surface area (Å²) in [6.07, 6.45) is 6.09. The Morgan fingerprint density at radius 3 is 2.73 bits per heavy atom. The molecule has 0 saturated heterocycles. The van der Waals surface area contributed by atoms with Crippen molar-refractivity contribution in [2.24, 2.45) is 13.0 Å². The van der Waals surface area contributed by atoms with Crippen molar-refractivity contribution in [2.45, 2.75) is 38.3 Å². The largest absolute Gasteiger partial charge is 0.320 e. The standard InChI is InChI=1S/C16H20F2N4/c1-22-10-20-21-15(22)9-19-16(11-4-2-3-5-11)13-7-6-12(17)8-14(13)18/h6-8,10-11,16,19H,2-5,9H2,1H3. The Labute approximate surface area is 128 Å². The van der Waals surface area contributed by atoms with Gasteiger partial charge in [0, 0.05) is 24.7 Å². The van der Waals surface area contributed by atoms with Gasteiger partial charge in [-0.2, -0.15) is 0 Å². The van der Waals surface area contributed by atoms with Crippen LogP contribution in [0.2, 0.25) is 0 Å². The zero-order chi connectivity index (χ0) is 15.5. The van der Waals surface area contributed by atoms with Crippen molar-refractivity contribution in [1.29, 1.82) is 0 Å². The lowest BCUT2D eigenvalue weighted by molar-refractivity contribution is 0.350. The lowest BCUT2D eigenvalue weighted by Crippen LogP contribution is -2.28. The molecule has 1 aliphatic rings. The quantitative estimate of drug-likeness (QED) is 0.923. The molecule has 0 spiro atoms. The summed E-state index contributed by atoms with van der Waals surface area (Å²) < 4.78 is 29.2. The van der Waals surface area contributed by atoms with E-state index in [1.807, 2.05) is 11.6 Å². The topological polar surface area (TPSA) is 42.7 Å². The Kier molecular flexibility index (Phi) is 4.47. The molecular formula is C16H20F2N4. The van der Waals surface area contributed by atoms with Crippen LogP contribution in [0.15, 0.2) is 24.5 Å². The van der Waals surface area contributed by atoms with Crippen LogP contribution in [0.3, 0.4) is 0 Å². The molecule has 22 heavy (non-hydrogen) atoms. The van der Waals surface area contributed by atoms with Crippen LogP contribution in [0, 0.1) is 17.6 Å². The molecule has 1 aliphatic carbocycles. The van der Waals surface area contributed by atoms with Gasteiger partial charge in [0.15, 0.2) is 0 Å². The second-order valence-corrected chi connectivity index (χ2v) is 5.93. The van der Waals surface area contributed by atoms with Crippen molar-refractivity contribution in [2.75, 3.05) is 0 Å². The number of hydrogen-bond acceptors (Lipinski definition) is 3. The average molecular weight is 306 g/mol. The lowest BCUT2D eigenvalue weighted by atomic mass is 9.91. The summed E-state index contributed by atoms with van der Waals surface area (Å²) in [4.78, 5) is 0. The number of aryl methyl sites for hydroxylation is 1. The first-order valence-electron chi connectivity index (χ1n) is 7.66. The first kappa shape index (κ1) is 15.1. The molecule has 0 bridgehead atoms. The van der Waals surface area contributed by atoms with Crippen molar-refractivity contribution in [3.05, 3.63) is 47.5 Å². The normalized spacial score (nSPS) is 17.0. The number of nitrogens with one attached hydrogen (secondary N) is 1. The molecule has 1 N–H and O–H groups in total. The molecule has 1 aromatic carbocycles. The highest BCUT2D eigenvalue weighted by molar-refractivity contribution is 5.23. The second-order valence-electron chi connectivity index (χ2n) is 5.93. The summed E-state index contributed by atoms with van der Waals surface area (Å²) in [5.74, 6) is 0.140. The van der Waals surface area contributed by atoms with Gasteiger partial charge < -0.3 is 9.88 Å². The van der Waals surface area contributed by atoms with E-state index in [4.69, 9.17) is 0 Å². The van der Waals surface area contributed by atoms with Gasteiger partial charge in [-0.25, -0.2) is 8.78 Å². The van der Waals surface area contributed by atoms with Gasteiger partial charge in [-0.3, -0.25) is 0 Å². The maximum Gasteiger partial charge on any atom is 0.146 e. The molecule has 6 heteroatoms. The number of halogens is 2. The summed E-state index contributed by atoms with van der Waals surface area (Å²) in [6, 6.07) is 3.71. The third-order valence-electron chi connectivity index (χ3n) is 4.45. The van der Waals surface area contributed by atoms with E-state index < -0.39 is 11.6 Å². The van der Waals surface area contributed by atoms with Crippen molar-refractivity contribution < 1.29 is 8.78 Å². The van der Waals surface area contributed by atoms with E-state index >= 15 is 0 Å². The molecule has 0 amide bonds. The zero-order valence-electron chi connectivity index (χ0n) is 12.6. The Morgan fingerprint density at radius 2 is 2.09 bits per heavy atom. The molecule has 4 nitrogen and oxygen atoms in total. The maximum atomic E-state index is 14.2.